The monoisotopic (exact) mass is 374 g/mol. The minimum absolute atomic E-state index is 0.111. The summed E-state index contributed by atoms with van der Waals surface area (Å²) in [5.41, 5.74) is 2.42. The van der Waals surface area contributed by atoms with Crippen molar-refractivity contribution in [1.82, 2.24) is 4.98 Å². The molecule has 4 heteroatoms. The number of aromatic nitrogens is 1. The van der Waals surface area contributed by atoms with Gasteiger partial charge in [-0.3, -0.25) is 9.78 Å². The zero-order chi connectivity index (χ0) is 19.4. The number of nitrogens with one attached hydrogen (secondary N) is 1. The highest BCUT2D eigenvalue weighted by Gasteiger charge is 2.39. The van der Waals surface area contributed by atoms with Crippen molar-refractivity contribution in [2.45, 2.75) is 38.5 Å². The summed E-state index contributed by atoms with van der Waals surface area (Å²) >= 11 is 0. The maximum absolute atomic E-state index is 13.4. The maximum Gasteiger partial charge on any atom is 0.230 e. The summed E-state index contributed by atoms with van der Waals surface area (Å²) in [6, 6.07) is 18.1. The summed E-state index contributed by atoms with van der Waals surface area (Å²) in [6.45, 7) is 0. The molecule has 1 aliphatic carbocycles. The Labute approximate surface area is 165 Å². The average Bonchev–Trinajstić information content (AvgIpc) is 2.74. The average molecular weight is 374 g/mol. The molecule has 1 amide bonds. The largest absolute Gasteiger partial charge is 0.494 e. The predicted molar refractivity (Wildman–Crippen MR) is 113 cm³/mol. The van der Waals surface area contributed by atoms with E-state index in [-0.39, 0.29) is 11.3 Å². The van der Waals surface area contributed by atoms with Crippen molar-refractivity contribution in [2.75, 3.05) is 12.4 Å². The van der Waals surface area contributed by atoms with Crippen molar-refractivity contribution in [2.24, 2.45) is 5.41 Å². The van der Waals surface area contributed by atoms with E-state index in [1.165, 1.54) is 12.0 Å². The first-order valence-electron chi connectivity index (χ1n) is 9.98. The normalized spacial score (nSPS) is 15.9. The molecule has 0 radical (unpaired) electrons. The molecule has 0 saturated heterocycles. The van der Waals surface area contributed by atoms with Crippen LogP contribution < -0.4 is 10.1 Å². The molecule has 0 bridgehead atoms. The molecule has 1 fully saturated rings. The van der Waals surface area contributed by atoms with Crippen molar-refractivity contribution >= 4 is 22.5 Å². The van der Waals surface area contributed by atoms with E-state index in [9.17, 15) is 4.79 Å². The number of pyridine rings is 1. The van der Waals surface area contributed by atoms with E-state index in [2.05, 4.69) is 22.4 Å². The second-order valence-corrected chi connectivity index (χ2v) is 7.71. The topological polar surface area (TPSA) is 51.2 Å². The fraction of sp³-hybridized carbons (Fsp3) is 0.333. The Bertz CT molecular complexity index is 963. The molecule has 144 valence electrons. The van der Waals surface area contributed by atoms with Gasteiger partial charge in [-0.1, -0.05) is 61.7 Å². The Hall–Kier alpha value is -2.88. The van der Waals surface area contributed by atoms with Crippen LogP contribution >= 0.6 is 0 Å². The molecule has 4 rings (SSSR count). The van der Waals surface area contributed by atoms with Gasteiger partial charge in [0.1, 0.15) is 11.3 Å². The third-order valence-corrected chi connectivity index (χ3v) is 5.83. The Morgan fingerprint density at radius 2 is 1.86 bits per heavy atom. The van der Waals surface area contributed by atoms with E-state index < -0.39 is 0 Å². The zero-order valence-corrected chi connectivity index (χ0v) is 16.3. The van der Waals surface area contributed by atoms with Crippen molar-refractivity contribution in [3.05, 3.63) is 66.4 Å². The third-order valence-electron chi connectivity index (χ3n) is 5.83. The van der Waals surface area contributed by atoms with Crippen molar-refractivity contribution in [3.63, 3.8) is 0 Å². The van der Waals surface area contributed by atoms with Crippen LogP contribution in [0, 0.1) is 5.41 Å². The molecule has 1 N–H and O–H groups in total. The van der Waals surface area contributed by atoms with Crippen LogP contribution in [0.3, 0.4) is 0 Å². The summed E-state index contributed by atoms with van der Waals surface area (Å²) < 4.78 is 5.38. The van der Waals surface area contributed by atoms with Gasteiger partial charge in [-0.25, -0.2) is 0 Å². The summed E-state index contributed by atoms with van der Waals surface area (Å²) in [5, 5.41) is 4.12. The number of methoxy groups -OCH3 is 1. The first-order chi connectivity index (χ1) is 13.7. The van der Waals surface area contributed by atoms with Crippen LogP contribution in [-0.2, 0) is 11.2 Å². The van der Waals surface area contributed by atoms with Crippen LogP contribution in [0.4, 0.5) is 5.69 Å². The number of ether oxygens (including phenoxy) is 1. The molecule has 0 spiro atoms. The number of carbonyl (C=O) groups is 1. The number of benzene rings is 2. The van der Waals surface area contributed by atoms with E-state index in [0.29, 0.717) is 0 Å². The van der Waals surface area contributed by atoms with Gasteiger partial charge in [0.2, 0.25) is 5.91 Å². The highest BCUT2D eigenvalue weighted by molar-refractivity contribution is 5.97. The van der Waals surface area contributed by atoms with Gasteiger partial charge in [0.05, 0.1) is 24.4 Å². The summed E-state index contributed by atoms with van der Waals surface area (Å²) in [5.74, 6) is 0.850. The quantitative estimate of drug-likeness (QED) is 0.653. The SMILES string of the molecule is COc1cccc2cc(NC(=O)C3(Cc4ccccc4)CCCCC3)cnc12. The van der Waals surface area contributed by atoms with E-state index in [1.54, 1.807) is 13.3 Å². The third kappa shape index (κ3) is 3.72. The Balaban J connectivity index is 1.60. The predicted octanol–water partition coefficient (Wildman–Crippen LogP) is 5.38. The van der Waals surface area contributed by atoms with Gasteiger partial charge < -0.3 is 10.1 Å². The van der Waals surface area contributed by atoms with Crippen molar-refractivity contribution in [3.8, 4) is 5.75 Å². The van der Waals surface area contributed by atoms with E-state index in [1.807, 2.05) is 42.5 Å². The van der Waals surface area contributed by atoms with Crippen LogP contribution in [0.5, 0.6) is 5.75 Å². The number of fused-ring (bicyclic) bond motifs is 1. The number of carbonyl (C=O) groups excluding carboxylic acids is 1. The second-order valence-electron chi connectivity index (χ2n) is 7.71. The molecule has 0 aliphatic heterocycles. The number of anilines is 1. The van der Waals surface area contributed by atoms with Gasteiger partial charge in [-0.15, -0.1) is 0 Å². The Morgan fingerprint density at radius 3 is 2.61 bits per heavy atom. The van der Waals surface area contributed by atoms with Crippen molar-refractivity contribution in [1.29, 1.82) is 0 Å². The summed E-state index contributed by atoms with van der Waals surface area (Å²) in [6.07, 6.45) is 7.80. The Kier molecular flexibility index (Phi) is 5.29. The molecule has 0 unspecified atom stereocenters. The van der Waals surface area contributed by atoms with Crippen LogP contribution in [0.2, 0.25) is 0 Å². The first kappa shape index (κ1) is 18.5. The smallest absolute Gasteiger partial charge is 0.230 e. The fourth-order valence-corrected chi connectivity index (χ4v) is 4.33. The highest BCUT2D eigenvalue weighted by atomic mass is 16.5. The van der Waals surface area contributed by atoms with E-state index in [0.717, 1.165) is 54.4 Å². The van der Waals surface area contributed by atoms with Gasteiger partial charge >= 0.3 is 0 Å². The lowest BCUT2D eigenvalue weighted by molar-refractivity contribution is -0.127. The number of amides is 1. The van der Waals surface area contributed by atoms with Gasteiger partial charge in [0.25, 0.3) is 0 Å². The number of hydrogen-bond donors (Lipinski definition) is 1. The van der Waals surface area contributed by atoms with Crippen molar-refractivity contribution < 1.29 is 9.53 Å². The van der Waals surface area contributed by atoms with Crippen LogP contribution in [0.25, 0.3) is 10.9 Å². The maximum atomic E-state index is 13.4. The minimum atomic E-state index is -0.344. The lowest BCUT2D eigenvalue weighted by Gasteiger charge is -2.36. The van der Waals surface area contributed by atoms with Gasteiger partial charge in [0, 0.05) is 5.39 Å². The molecule has 1 saturated carbocycles. The fourth-order valence-electron chi connectivity index (χ4n) is 4.33. The molecule has 1 aromatic heterocycles. The van der Waals surface area contributed by atoms with Crippen LogP contribution in [0.1, 0.15) is 37.7 Å². The molecular formula is C24H26N2O2. The lowest BCUT2D eigenvalue weighted by Crippen LogP contribution is -2.40. The molecule has 4 nitrogen and oxygen atoms in total. The minimum Gasteiger partial charge on any atom is -0.494 e. The molecule has 0 atom stereocenters. The molecule has 3 aromatic rings. The van der Waals surface area contributed by atoms with Crippen LogP contribution in [0.15, 0.2) is 60.8 Å². The van der Waals surface area contributed by atoms with Gasteiger partial charge in [-0.2, -0.15) is 0 Å². The molecule has 2 aromatic carbocycles. The van der Waals surface area contributed by atoms with Crippen LogP contribution in [-0.4, -0.2) is 18.0 Å². The second kappa shape index (κ2) is 8.01. The molecule has 1 aliphatic rings. The summed E-state index contributed by atoms with van der Waals surface area (Å²) in [7, 11) is 1.64. The molecule has 28 heavy (non-hydrogen) atoms. The van der Waals surface area contributed by atoms with E-state index in [4.69, 9.17) is 4.74 Å². The number of rotatable bonds is 5. The standard InChI is InChI=1S/C24H26N2O2/c1-28-21-12-8-11-19-15-20(17-25-22(19)21)26-23(27)24(13-6-3-7-14-24)16-18-9-4-2-5-10-18/h2,4-5,8-12,15,17H,3,6-7,13-14,16H2,1H3,(H,26,27). The van der Waals surface area contributed by atoms with Gasteiger partial charge in [-0.05, 0) is 37.0 Å². The Morgan fingerprint density at radius 1 is 1.07 bits per heavy atom. The van der Waals surface area contributed by atoms with Gasteiger partial charge in [0.15, 0.2) is 0 Å². The number of nitrogens with zero attached hydrogens (tertiary/aromatic N) is 1. The molecule has 1 heterocycles. The zero-order valence-electron chi connectivity index (χ0n) is 16.3. The highest BCUT2D eigenvalue weighted by Crippen LogP contribution is 2.40. The number of para-hydroxylation sites is 1. The lowest BCUT2D eigenvalue weighted by atomic mass is 9.69. The number of hydrogen-bond acceptors (Lipinski definition) is 3. The summed E-state index contributed by atoms with van der Waals surface area (Å²) in [4.78, 5) is 17.9. The first-order valence-corrected chi connectivity index (χ1v) is 9.98. The van der Waals surface area contributed by atoms with E-state index >= 15 is 0 Å². The molecular weight excluding hydrogens is 348 g/mol.